The molecule has 0 bridgehead atoms. The Kier molecular flexibility index (Phi) is 8.70. The molecule has 0 saturated heterocycles. The molecular formula is C62H45NO. The first-order valence-electron chi connectivity index (χ1n) is 22.3. The largest absolute Gasteiger partial charge is 0.456 e. The van der Waals surface area contributed by atoms with Crippen molar-refractivity contribution in [2.75, 3.05) is 0 Å². The van der Waals surface area contributed by atoms with Crippen LogP contribution in [-0.2, 0) is 5.41 Å². The summed E-state index contributed by atoms with van der Waals surface area (Å²) in [5.74, 6) is 0. The zero-order chi connectivity index (χ0) is 43.1. The predicted molar refractivity (Wildman–Crippen MR) is 269 cm³/mol. The molecule has 1 atom stereocenters. The van der Waals surface area contributed by atoms with Gasteiger partial charge >= 0.3 is 0 Å². The first kappa shape index (κ1) is 37.9. The third-order valence-electron chi connectivity index (χ3n) is 13.8. The van der Waals surface area contributed by atoms with Crippen LogP contribution in [0.5, 0.6) is 0 Å². The van der Waals surface area contributed by atoms with Crippen molar-refractivity contribution in [3.63, 3.8) is 0 Å². The molecule has 2 heteroatoms. The zero-order valence-corrected chi connectivity index (χ0v) is 36.4. The number of allylic oxidation sites excluding steroid dienone is 2. The third-order valence-corrected chi connectivity index (χ3v) is 13.8. The lowest BCUT2D eigenvalue weighted by Crippen LogP contribution is -2.15. The number of furan rings is 1. The number of rotatable bonds is 5. The minimum Gasteiger partial charge on any atom is -0.456 e. The van der Waals surface area contributed by atoms with Gasteiger partial charge in [-0.1, -0.05) is 178 Å². The molecule has 0 saturated carbocycles. The van der Waals surface area contributed by atoms with Crippen molar-refractivity contribution in [2.24, 2.45) is 4.99 Å². The summed E-state index contributed by atoms with van der Waals surface area (Å²) in [7, 11) is 0. The Labute approximate surface area is 373 Å². The molecule has 0 radical (unpaired) electrons. The molecule has 2 aliphatic rings. The maximum atomic E-state index is 6.79. The minimum absolute atomic E-state index is 0.107. The van der Waals surface area contributed by atoms with Crippen LogP contribution >= 0.6 is 0 Å². The molecule has 0 amide bonds. The van der Waals surface area contributed by atoms with E-state index in [9.17, 15) is 0 Å². The van der Waals surface area contributed by atoms with E-state index in [0.717, 1.165) is 77.4 Å². The number of fused-ring (bicyclic) bond motifs is 9. The highest BCUT2D eigenvalue weighted by Crippen LogP contribution is 2.50. The minimum atomic E-state index is -0.210. The quantitative estimate of drug-likeness (QED) is 0.159. The summed E-state index contributed by atoms with van der Waals surface area (Å²) >= 11 is 0. The molecule has 0 spiro atoms. The van der Waals surface area contributed by atoms with Crippen molar-refractivity contribution in [1.29, 1.82) is 0 Å². The number of hydrogen-bond acceptors (Lipinski definition) is 2. The summed E-state index contributed by atoms with van der Waals surface area (Å²) in [4.78, 5) is 5.64. The van der Waals surface area contributed by atoms with Gasteiger partial charge in [0.2, 0.25) is 0 Å². The van der Waals surface area contributed by atoms with Crippen LogP contribution in [0, 0.1) is 0 Å². The molecule has 1 aliphatic carbocycles. The van der Waals surface area contributed by atoms with Crippen molar-refractivity contribution >= 4 is 54.8 Å². The van der Waals surface area contributed by atoms with Gasteiger partial charge in [0.15, 0.2) is 0 Å². The van der Waals surface area contributed by atoms with Gasteiger partial charge in [-0.2, -0.15) is 0 Å². The van der Waals surface area contributed by atoms with Gasteiger partial charge in [0.05, 0.1) is 11.8 Å². The molecule has 304 valence electrons. The van der Waals surface area contributed by atoms with Gasteiger partial charge in [-0.05, 0) is 127 Å². The van der Waals surface area contributed by atoms with E-state index >= 15 is 0 Å². The van der Waals surface area contributed by atoms with E-state index in [1.807, 2.05) is 0 Å². The van der Waals surface area contributed by atoms with E-state index in [4.69, 9.17) is 9.41 Å². The third kappa shape index (κ3) is 6.14. The summed E-state index contributed by atoms with van der Waals surface area (Å²) in [6.07, 6.45) is 2.31. The van der Waals surface area contributed by atoms with Gasteiger partial charge in [0.1, 0.15) is 11.2 Å². The maximum Gasteiger partial charge on any atom is 0.136 e. The first-order chi connectivity index (χ1) is 31.3. The molecular weight excluding hydrogens is 775 g/mol. The zero-order valence-electron chi connectivity index (χ0n) is 36.4. The molecule has 10 aromatic rings. The maximum absolute atomic E-state index is 6.79. The molecule has 0 N–H and O–H groups in total. The Morgan fingerprint density at radius 3 is 1.94 bits per heavy atom. The second kappa shape index (κ2) is 14.7. The number of hydrogen-bond donors (Lipinski definition) is 0. The standard InChI is InChI=1S/C62H45NO/c1-38-33-57(43-15-6-5-7-16-43)63-61(39(2)32-52(38)47-28-30-50-49-19-12-13-21-55(49)62(3,4)56(50)36-47)53-37-59-60(51-20-11-10-18-48(51)53)54-35-46(29-31-58(54)64-59)42-24-22-41(23-25-42)45-27-26-40-14-8-9-17-44(40)34-45/h5-31,33-37,57H,1-4H3/b38-33-,63-61+. The number of aliphatic imine (C=N–C) groups is 1. The molecule has 2 nitrogen and oxygen atoms in total. The van der Waals surface area contributed by atoms with Gasteiger partial charge in [-0.3, -0.25) is 4.99 Å². The SMILES string of the molecule is CC1=C=C(c2ccc3c(c2)C(C)(C)c2ccccc2-3)/C(C)=C\C(c2ccccc2)/N=C\1c1cc2oc3ccc(-c4ccc(-c5ccc6ccccc6c5)cc4)cc3c2c2ccccc12. The van der Waals surface area contributed by atoms with Crippen molar-refractivity contribution in [3.05, 3.63) is 239 Å². The molecule has 9 aromatic carbocycles. The molecule has 2 heterocycles. The first-order valence-corrected chi connectivity index (χ1v) is 22.3. The Hall–Kier alpha value is -7.77. The summed E-state index contributed by atoms with van der Waals surface area (Å²) in [5.41, 5.74) is 23.1. The van der Waals surface area contributed by atoms with Crippen LogP contribution in [0.2, 0.25) is 0 Å². The molecule has 1 aromatic heterocycles. The van der Waals surface area contributed by atoms with Crippen molar-refractivity contribution in [1.82, 2.24) is 0 Å². The summed E-state index contributed by atoms with van der Waals surface area (Å²) < 4.78 is 6.79. The highest BCUT2D eigenvalue weighted by atomic mass is 16.3. The molecule has 1 aliphatic heterocycles. The fourth-order valence-corrected chi connectivity index (χ4v) is 10.4. The average molecular weight is 820 g/mol. The second-order valence-corrected chi connectivity index (χ2v) is 18.0. The lowest BCUT2D eigenvalue weighted by Gasteiger charge is -2.23. The lowest BCUT2D eigenvalue weighted by atomic mass is 9.81. The van der Waals surface area contributed by atoms with Gasteiger partial charge in [0, 0.05) is 32.9 Å². The van der Waals surface area contributed by atoms with Gasteiger partial charge in [0.25, 0.3) is 0 Å². The molecule has 12 rings (SSSR count). The second-order valence-electron chi connectivity index (χ2n) is 18.0. The van der Waals surface area contributed by atoms with E-state index < -0.39 is 0 Å². The van der Waals surface area contributed by atoms with Crippen LogP contribution in [0.15, 0.2) is 220 Å². The summed E-state index contributed by atoms with van der Waals surface area (Å²) in [5, 5.41) is 7.00. The fraction of sp³-hybridized carbons (Fsp3) is 0.0968. The van der Waals surface area contributed by atoms with E-state index in [1.54, 1.807) is 0 Å². The summed E-state index contributed by atoms with van der Waals surface area (Å²) in [6, 6.07) is 68.0. The van der Waals surface area contributed by atoms with Crippen molar-refractivity contribution < 1.29 is 4.42 Å². The fourth-order valence-electron chi connectivity index (χ4n) is 10.4. The highest BCUT2D eigenvalue weighted by molar-refractivity contribution is 6.27. The normalized spacial score (nSPS) is 17.2. The lowest BCUT2D eigenvalue weighted by molar-refractivity contribution is 0.660. The van der Waals surface area contributed by atoms with E-state index in [0.29, 0.717) is 0 Å². The summed E-state index contributed by atoms with van der Waals surface area (Å²) in [6.45, 7) is 9.07. The molecule has 1 unspecified atom stereocenters. The number of nitrogens with zero attached hydrogens (tertiary/aromatic N) is 1. The van der Waals surface area contributed by atoms with Crippen LogP contribution < -0.4 is 0 Å². The van der Waals surface area contributed by atoms with Gasteiger partial charge in [-0.15, -0.1) is 5.73 Å². The highest BCUT2D eigenvalue weighted by Gasteiger charge is 2.35. The van der Waals surface area contributed by atoms with Crippen LogP contribution in [0.4, 0.5) is 0 Å². The van der Waals surface area contributed by atoms with Crippen LogP contribution in [0.1, 0.15) is 61.6 Å². The van der Waals surface area contributed by atoms with Crippen LogP contribution in [-0.4, -0.2) is 5.71 Å². The van der Waals surface area contributed by atoms with Crippen molar-refractivity contribution in [3.8, 4) is 33.4 Å². The van der Waals surface area contributed by atoms with E-state index in [2.05, 4.69) is 228 Å². The van der Waals surface area contributed by atoms with Gasteiger partial charge < -0.3 is 4.42 Å². The molecule has 64 heavy (non-hydrogen) atoms. The number of benzene rings is 9. The van der Waals surface area contributed by atoms with Crippen LogP contribution in [0.3, 0.4) is 0 Å². The van der Waals surface area contributed by atoms with Gasteiger partial charge in [-0.25, -0.2) is 0 Å². The van der Waals surface area contributed by atoms with E-state index in [1.165, 1.54) is 49.7 Å². The topological polar surface area (TPSA) is 25.5 Å². The average Bonchev–Trinajstić information content (AvgIpc) is 3.82. The molecule has 0 fully saturated rings. The van der Waals surface area contributed by atoms with Crippen molar-refractivity contribution in [2.45, 2.75) is 39.2 Å². The Balaban J connectivity index is 0.997. The predicted octanol–water partition coefficient (Wildman–Crippen LogP) is 16.7. The smallest absolute Gasteiger partial charge is 0.136 e. The van der Waals surface area contributed by atoms with E-state index in [-0.39, 0.29) is 11.5 Å². The Morgan fingerprint density at radius 2 is 1.12 bits per heavy atom. The van der Waals surface area contributed by atoms with Crippen LogP contribution in [0.25, 0.3) is 82.4 Å². The Bertz CT molecular complexity index is 3680. The monoisotopic (exact) mass is 819 g/mol. The Morgan fingerprint density at radius 1 is 0.484 bits per heavy atom.